The third kappa shape index (κ3) is 2.68. The molecule has 0 spiro atoms. The predicted octanol–water partition coefficient (Wildman–Crippen LogP) is 4.24. The molecule has 6 heteroatoms. The zero-order valence-electron chi connectivity index (χ0n) is 9.18. The van der Waals surface area contributed by atoms with E-state index in [1.807, 2.05) is 0 Å². The van der Waals surface area contributed by atoms with Gasteiger partial charge in [0.15, 0.2) is 5.78 Å². The summed E-state index contributed by atoms with van der Waals surface area (Å²) in [5, 5.41) is 0. The Bertz CT molecular complexity index is 647. The maximum absolute atomic E-state index is 13.5. The molecule has 0 unspecified atom stereocenters. The lowest BCUT2D eigenvalue weighted by molar-refractivity contribution is 0.103. The number of rotatable bonds is 2. The first-order chi connectivity index (χ1) is 8.90. The maximum Gasteiger partial charge on any atom is 0.200 e. The van der Waals surface area contributed by atoms with Crippen LogP contribution in [0.3, 0.4) is 0 Å². The topological polar surface area (TPSA) is 17.1 Å². The highest BCUT2D eigenvalue weighted by atomic mass is 79.9. The van der Waals surface area contributed by atoms with Crippen LogP contribution in [-0.4, -0.2) is 5.78 Å². The second-order valence-corrected chi connectivity index (χ2v) is 4.55. The lowest BCUT2D eigenvalue weighted by Crippen LogP contribution is -2.09. The largest absolute Gasteiger partial charge is 0.288 e. The molecular weight excluding hydrogens is 328 g/mol. The van der Waals surface area contributed by atoms with E-state index >= 15 is 0 Å². The molecule has 0 amide bonds. The van der Waals surface area contributed by atoms with Crippen molar-refractivity contribution in [1.82, 2.24) is 0 Å². The lowest BCUT2D eigenvalue weighted by Gasteiger charge is -2.06. The molecular formula is C13H5BrF4O. The second kappa shape index (κ2) is 5.13. The number of ketones is 1. The summed E-state index contributed by atoms with van der Waals surface area (Å²) in [6, 6.07) is 3.95. The van der Waals surface area contributed by atoms with Crippen LogP contribution in [0.2, 0.25) is 0 Å². The summed E-state index contributed by atoms with van der Waals surface area (Å²) in [7, 11) is 0. The fourth-order valence-corrected chi connectivity index (χ4v) is 1.99. The van der Waals surface area contributed by atoms with Crippen molar-refractivity contribution < 1.29 is 22.4 Å². The first-order valence-electron chi connectivity index (χ1n) is 5.04. The van der Waals surface area contributed by atoms with E-state index in [1.54, 1.807) is 0 Å². The van der Waals surface area contributed by atoms with Crippen LogP contribution in [0.15, 0.2) is 34.8 Å². The van der Waals surface area contributed by atoms with Gasteiger partial charge in [0.1, 0.15) is 23.3 Å². The van der Waals surface area contributed by atoms with Crippen molar-refractivity contribution >= 4 is 21.7 Å². The van der Waals surface area contributed by atoms with Gasteiger partial charge >= 0.3 is 0 Å². The van der Waals surface area contributed by atoms with E-state index in [-0.39, 0.29) is 10.0 Å². The molecule has 0 heterocycles. The average Bonchev–Trinajstić information content (AvgIpc) is 2.30. The van der Waals surface area contributed by atoms with Crippen LogP contribution in [-0.2, 0) is 0 Å². The zero-order chi connectivity index (χ0) is 14.2. The fraction of sp³-hybridized carbons (Fsp3) is 0. The maximum atomic E-state index is 13.5. The van der Waals surface area contributed by atoms with Gasteiger partial charge in [-0.2, -0.15) is 0 Å². The van der Waals surface area contributed by atoms with Gasteiger partial charge in [0.05, 0.1) is 5.56 Å². The molecule has 0 saturated carbocycles. The fourth-order valence-electron chi connectivity index (χ4n) is 1.57. The Labute approximate surface area is 114 Å². The molecule has 2 aromatic rings. The summed E-state index contributed by atoms with van der Waals surface area (Å²) in [4.78, 5) is 12.0. The van der Waals surface area contributed by atoms with Crippen molar-refractivity contribution in [1.29, 1.82) is 0 Å². The van der Waals surface area contributed by atoms with Gasteiger partial charge in [0, 0.05) is 22.2 Å². The van der Waals surface area contributed by atoms with Crippen molar-refractivity contribution in [2.24, 2.45) is 0 Å². The van der Waals surface area contributed by atoms with Crippen molar-refractivity contribution in [2.75, 3.05) is 0 Å². The molecule has 0 aliphatic heterocycles. The number of hydrogen-bond acceptors (Lipinski definition) is 1. The number of benzene rings is 2. The molecule has 19 heavy (non-hydrogen) atoms. The minimum absolute atomic E-state index is 0.182. The first kappa shape index (κ1) is 13.7. The quantitative estimate of drug-likeness (QED) is 0.594. The van der Waals surface area contributed by atoms with Crippen LogP contribution in [0.5, 0.6) is 0 Å². The monoisotopic (exact) mass is 332 g/mol. The SMILES string of the molecule is O=C(c1cc(F)ccc1Br)c1c(F)cc(F)cc1F. The average molecular weight is 333 g/mol. The first-order valence-corrected chi connectivity index (χ1v) is 5.83. The molecule has 1 nitrogen and oxygen atoms in total. The van der Waals surface area contributed by atoms with Gasteiger partial charge in [-0.3, -0.25) is 4.79 Å². The highest BCUT2D eigenvalue weighted by Gasteiger charge is 2.22. The van der Waals surface area contributed by atoms with E-state index in [0.29, 0.717) is 12.1 Å². The summed E-state index contributed by atoms with van der Waals surface area (Å²) in [5.74, 6) is -5.60. The third-order valence-electron chi connectivity index (χ3n) is 2.41. The number of carbonyl (C=O) groups is 1. The molecule has 2 rings (SSSR count). The highest BCUT2D eigenvalue weighted by molar-refractivity contribution is 9.10. The smallest absolute Gasteiger partial charge is 0.200 e. The van der Waals surface area contributed by atoms with Crippen molar-refractivity contribution in [3.63, 3.8) is 0 Å². The van der Waals surface area contributed by atoms with Crippen LogP contribution < -0.4 is 0 Å². The van der Waals surface area contributed by atoms with Gasteiger partial charge in [-0.05, 0) is 18.2 Å². The van der Waals surface area contributed by atoms with Gasteiger partial charge in [-0.25, -0.2) is 17.6 Å². The molecule has 0 aliphatic carbocycles. The van der Waals surface area contributed by atoms with Crippen LogP contribution in [0.1, 0.15) is 15.9 Å². The van der Waals surface area contributed by atoms with E-state index in [2.05, 4.69) is 15.9 Å². The molecule has 2 aromatic carbocycles. The molecule has 0 radical (unpaired) electrons. The molecule has 0 saturated heterocycles. The minimum atomic E-state index is -1.33. The van der Waals surface area contributed by atoms with Gasteiger partial charge in [-0.1, -0.05) is 15.9 Å². The van der Waals surface area contributed by atoms with E-state index in [4.69, 9.17) is 0 Å². The van der Waals surface area contributed by atoms with Crippen LogP contribution in [0.25, 0.3) is 0 Å². The zero-order valence-corrected chi connectivity index (χ0v) is 10.8. The second-order valence-electron chi connectivity index (χ2n) is 3.70. The van der Waals surface area contributed by atoms with E-state index in [9.17, 15) is 22.4 Å². The normalized spacial score (nSPS) is 10.6. The van der Waals surface area contributed by atoms with Crippen molar-refractivity contribution in [3.05, 3.63) is 69.2 Å². The Kier molecular flexibility index (Phi) is 3.71. The highest BCUT2D eigenvalue weighted by Crippen LogP contribution is 2.24. The molecule has 0 bridgehead atoms. The van der Waals surface area contributed by atoms with Crippen LogP contribution in [0, 0.1) is 23.3 Å². The molecule has 0 aliphatic rings. The van der Waals surface area contributed by atoms with Gasteiger partial charge in [0.25, 0.3) is 0 Å². The van der Waals surface area contributed by atoms with Gasteiger partial charge < -0.3 is 0 Å². The summed E-state index contributed by atoms with van der Waals surface area (Å²) in [6.07, 6.45) is 0. The summed E-state index contributed by atoms with van der Waals surface area (Å²) < 4.78 is 52.9. The minimum Gasteiger partial charge on any atom is -0.288 e. The Morgan fingerprint density at radius 1 is 0.895 bits per heavy atom. The number of carbonyl (C=O) groups excluding carboxylic acids is 1. The van der Waals surface area contributed by atoms with Gasteiger partial charge in [-0.15, -0.1) is 0 Å². The Balaban J connectivity index is 2.59. The van der Waals surface area contributed by atoms with E-state index < -0.39 is 34.6 Å². The summed E-state index contributed by atoms with van der Waals surface area (Å²) >= 11 is 2.99. The van der Waals surface area contributed by atoms with Crippen molar-refractivity contribution in [3.8, 4) is 0 Å². The summed E-state index contributed by atoms with van der Waals surface area (Å²) in [6.45, 7) is 0. The molecule has 0 fully saturated rings. The summed E-state index contributed by atoms with van der Waals surface area (Å²) in [5.41, 5.74) is -1.17. The van der Waals surface area contributed by atoms with E-state index in [1.165, 1.54) is 6.07 Å². The molecule has 0 aromatic heterocycles. The van der Waals surface area contributed by atoms with Gasteiger partial charge in [0.2, 0.25) is 0 Å². The van der Waals surface area contributed by atoms with Crippen molar-refractivity contribution in [2.45, 2.75) is 0 Å². The van der Waals surface area contributed by atoms with E-state index in [0.717, 1.165) is 12.1 Å². The predicted molar refractivity (Wildman–Crippen MR) is 63.8 cm³/mol. The third-order valence-corrected chi connectivity index (χ3v) is 3.10. The number of hydrogen-bond donors (Lipinski definition) is 0. The standard InChI is InChI=1S/C13H5BrF4O/c14-9-2-1-6(15)3-8(9)13(19)12-10(17)4-7(16)5-11(12)18/h1-5H. The van der Waals surface area contributed by atoms with Crippen LogP contribution in [0.4, 0.5) is 17.6 Å². The number of halogens is 5. The molecule has 0 N–H and O–H groups in total. The van der Waals surface area contributed by atoms with Crippen LogP contribution >= 0.6 is 15.9 Å². The molecule has 98 valence electrons. The Morgan fingerprint density at radius 3 is 2.05 bits per heavy atom. The Morgan fingerprint density at radius 2 is 1.47 bits per heavy atom. The molecule has 0 atom stereocenters. The lowest BCUT2D eigenvalue weighted by atomic mass is 10.0. The Hall–Kier alpha value is -1.69.